The van der Waals surface area contributed by atoms with Gasteiger partial charge in [-0.2, -0.15) is 9.78 Å². The molecule has 1 heterocycles. The number of carbonyl (C=O) groups excluding carboxylic acids is 1. The fraction of sp³-hybridized carbons (Fsp3) is 0.731. The lowest BCUT2D eigenvalue weighted by atomic mass is 9.53. The van der Waals surface area contributed by atoms with Crippen molar-refractivity contribution in [2.45, 2.75) is 95.0 Å². The highest BCUT2D eigenvalue weighted by Crippen LogP contribution is 2.64. The Balaban J connectivity index is 1.17. The Morgan fingerprint density at radius 3 is 2.37 bits per heavy atom. The minimum absolute atomic E-state index is 0.252. The molecule has 0 radical (unpaired) electrons. The van der Waals surface area contributed by atoms with Crippen molar-refractivity contribution < 1.29 is 19.3 Å². The Morgan fingerprint density at radius 1 is 1.00 bits per heavy atom. The maximum Gasteiger partial charge on any atom is 0.210 e. The van der Waals surface area contributed by atoms with Crippen LogP contribution in [0.2, 0.25) is 0 Å². The Morgan fingerprint density at radius 2 is 1.70 bits per heavy atom. The Bertz CT molecular complexity index is 787. The molecule has 0 N–H and O–H groups in total. The summed E-state index contributed by atoms with van der Waals surface area (Å²) in [5.74, 6) is 2.49. The summed E-state index contributed by atoms with van der Waals surface area (Å²) in [5.41, 5.74) is 2.60. The monoisotopic (exact) mass is 410 g/mol. The molecule has 0 unspecified atom stereocenters. The van der Waals surface area contributed by atoms with Gasteiger partial charge in [0.05, 0.1) is 0 Å². The van der Waals surface area contributed by atoms with Crippen LogP contribution in [0.15, 0.2) is 24.3 Å². The molecule has 1 aromatic rings. The van der Waals surface area contributed by atoms with Gasteiger partial charge in [0.1, 0.15) is 5.78 Å². The van der Waals surface area contributed by atoms with Gasteiger partial charge in [-0.3, -0.25) is 0 Å². The third-order valence-corrected chi connectivity index (χ3v) is 8.83. The lowest BCUT2D eigenvalue weighted by molar-refractivity contribution is -0.390. The van der Waals surface area contributed by atoms with Crippen LogP contribution in [-0.4, -0.2) is 17.4 Å². The molecule has 2 atom stereocenters. The third-order valence-electron chi connectivity index (χ3n) is 8.83. The fourth-order valence-corrected chi connectivity index (χ4v) is 7.54. The van der Waals surface area contributed by atoms with Gasteiger partial charge in [-0.05, 0) is 87.2 Å². The van der Waals surface area contributed by atoms with Crippen molar-refractivity contribution >= 4 is 5.78 Å². The van der Waals surface area contributed by atoms with Crippen LogP contribution < -0.4 is 0 Å². The topological polar surface area (TPSA) is 44.8 Å². The van der Waals surface area contributed by atoms with Crippen molar-refractivity contribution in [2.75, 3.05) is 0 Å². The van der Waals surface area contributed by atoms with Crippen LogP contribution in [0.4, 0.5) is 0 Å². The molecule has 162 valence electrons. The molecule has 1 aromatic carbocycles. The summed E-state index contributed by atoms with van der Waals surface area (Å²) in [5, 5.41) is 0. The summed E-state index contributed by atoms with van der Waals surface area (Å²) in [7, 11) is 0. The second-order valence-corrected chi connectivity index (χ2v) is 10.9. The van der Waals surface area contributed by atoms with Gasteiger partial charge in [-0.15, -0.1) is 0 Å². The number of hydrogen-bond acceptors (Lipinski definition) is 4. The van der Waals surface area contributed by atoms with Gasteiger partial charge in [0.15, 0.2) is 0 Å². The summed E-state index contributed by atoms with van der Waals surface area (Å²) in [6, 6.07) is 8.86. The molecule has 7 rings (SSSR count). The van der Waals surface area contributed by atoms with Crippen molar-refractivity contribution in [3.8, 4) is 0 Å². The van der Waals surface area contributed by atoms with E-state index in [2.05, 4.69) is 24.3 Å². The molecule has 4 bridgehead atoms. The number of Topliss-reactive ketones (excluding diaryl/α,β-unsaturated/α-hetero) is 1. The molecule has 6 fully saturated rings. The predicted molar refractivity (Wildman–Crippen MR) is 112 cm³/mol. The molecule has 1 aliphatic heterocycles. The zero-order chi connectivity index (χ0) is 20.3. The first-order chi connectivity index (χ1) is 14.5. The molecule has 5 saturated carbocycles. The molecule has 0 aromatic heterocycles. The smallest absolute Gasteiger partial charge is 0.210 e. The normalized spacial score (nSPS) is 44.2. The summed E-state index contributed by atoms with van der Waals surface area (Å²) in [6.07, 6.45) is 12.0. The number of ketones is 1. The van der Waals surface area contributed by atoms with Gasteiger partial charge >= 0.3 is 0 Å². The molecule has 4 nitrogen and oxygen atoms in total. The number of rotatable bonds is 4. The van der Waals surface area contributed by atoms with Crippen LogP contribution in [0.25, 0.3) is 0 Å². The molecule has 5 aliphatic carbocycles. The largest absolute Gasteiger partial charge is 0.312 e. The van der Waals surface area contributed by atoms with E-state index in [1.165, 1.54) is 49.7 Å². The summed E-state index contributed by atoms with van der Waals surface area (Å²) in [4.78, 5) is 23.6. The average molecular weight is 411 g/mol. The Kier molecular flexibility index (Phi) is 4.63. The Labute approximate surface area is 179 Å². The van der Waals surface area contributed by atoms with E-state index in [4.69, 9.17) is 14.5 Å². The van der Waals surface area contributed by atoms with Gasteiger partial charge in [-0.25, -0.2) is 0 Å². The molecule has 2 spiro atoms. The van der Waals surface area contributed by atoms with E-state index < -0.39 is 11.6 Å². The van der Waals surface area contributed by atoms with Crippen molar-refractivity contribution in [3.63, 3.8) is 0 Å². The molecule has 4 heteroatoms. The van der Waals surface area contributed by atoms with Crippen LogP contribution in [-0.2, 0) is 25.7 Å². The van der Waals surface area contributed by atoms with Gasteiger partial charge < -0.3 is 9.53 Å². The highest BCUT2D eigenvalue weighted by atomic mass is 17.3. The first-order valence-electron chi connectivity index (χ1n) is 12.2. The highest BCUT2D eigenvalue weighted by Gasteiger charge is 2.67. The van der Waals surface area contributed by atoms with Crippen LogP contribution >= 0.6 is 0 Å². The lowest BCUT2D eigenvalue weighted by Gasteiger charge is -2.57. The van der Waals surface area contributed by atoms with Crippen molar-refractivity contribution in [3.05, 3.63) is 35.4 Å². The van der Waals surface area contributed by atoms with Gasteiger partial charge in [0.2, 0.25) is 11.6 Å². The van der Waals surface area contributed by atoms with Crippen molar-refractivity contribution in [1.29, 1.82) is 0 Å². The van der Waals surface area contributed by atoms with Gasteiger partial charge in [0, 0.05) is 31.1 Å². The third kappa shape index (κ3) is 3.18. The number of aryl methyl sites for hydroxylation is 1. The van der Waals surface area contributed by atoms with E-state index in [1.807, 2.05) is 0 Å². The molecule has 0 amide bonds. The molecule has 6 aliphatic rings. The second kappa shape index (κ2) is 7.15. The molecular weight excluding hydrogens is 376 g/mol. The van der Waals surface area contributed by atoms with Crippen LogP contribution in [0.3, 0.4) is 0 Å². The fourth-order valence-electron chi connectivity index (χ4n) is 7.54. The van der Waals surface area contributed by atoms with Crippen LogP contribution in [0.5, 0.6) is 0 Å². The lowest BCUT2D eigenvalue weighted by Crippen LogP contribution is -2.59. The Hall–Kier alpha value is -1.23. The standard InChI is InChI=1S/C26H34O4/c1-17(27)4-5-18-6-8-21(9-7-18)22-3-2-10-25(16-22)28-26(30-29-25)23-12-19-11-20(14-23)15-24(26)13-19/h6-9,19-20,22-24H,2-5,10-16H2,1H3/t19?,20?,22-,23?,24?,25-,26?/m1/s1. The number of carbonyl (C=O) groups is 1. The minimum Gasteiger partial charge on any atom is -0.312 e. The van der Waals surface area contributed by atoms with E-state index in [0.29, 0.717) is 24.2 Å². The van der Waals surface area contributed by atoms with Crippen LogP contribution in [0, 0.1) is 23.7 Å². The van der Waals surface area contributed by atoms with Gasteiger partial charge in [0.25, 0.3) is 0 Å². The predicted octanol–water partition coefficient (Wildman–Crippen LogP) is 5.69. The first-order valence-corrected chi connectivity index (χ1v) is 12.2. The zero-order valence-electron chi connectivity index (χ0n) is 18.1. The highest BCUT2D eigenvalue weighted by molar-refractivity contribution is 5.75. The molecule has 30 heavy (non-hydrogen) atoms. The van der Waals surface area contributed by atoms with Crippen LogP contribution in [0.1, 0.15) is 88.2 Å². The zero-order valence-corrected chi connectivity index (χ0v) is 18.1. The van der Waals surface area contributed by atoms with E-state index in [0.717, 1.165) is 37.5 Å². The maximum atomic E-state index is 11.3. The van der Waals surface area contributed by atoms with Crippen molar-refractivity contribution in [1.82, 2.24) is 0 Å². The average Bonchev–Trinajstić information content (AvgIpc) is 3.10. The minimum atomic E-state index is -0.564. The van der Waals surface area contributed by atoms with E-state index in [1.54, 1.807) is 6.92 Å². The number of hydrogen-bond donors (Lipinski definition) is 0. The molecule has 1 saturated heterocycles. The summed E-state index contributed by atoms with van der Waals surface area (Å²) in [6.45, 7) is 1.66. The summed E-state index contributed by atoms with van der Waals surface area (Å²) >= 11 is 0. The quantitative estimate of drug-likeness (QED) is 0.598. The summed E-state index contributed by atoms with van der Waals surface area (Å²) < 4.78 is 6.91. The molecular formula is C26H34O4. The van der Waals surface area contributed by atoms with E-state index in [-0.39, 0.29) is 5.78 Å². The first kappa shape index (κ1) is 19.5. The second-order valence-electron chi connectivity index (χ2n) is 10.9. The van der Waals surface area contributed by atoms with Crippen molar-refractivity contribution in [2.24, 2.45) is 23.7 Å². The maximum absolute atomic E-state index is 11.3. The number of benzene rings is 1. The van der Waals surface area contributed by atoms with E-state index >= 15 is 0 Å². The SMILES string of the molecule is CC(=O)CCc1ccc([C@@H]2CCC[C@]3(C2)OOC2(O3)C3CC4CC(C3)CC2C4)cc1. The number of ether oxygens (including phenoxy) is 1. The van der Waals surface area contributed by atoms with E-state index in [9.17, 15) is 4.79 Å². The van der Waals surface area contributed by atoms with Gasteiger partial charge in [-0.1, -0.05) is 24.3 Å².